The number of benzene rings is 2. The van der Waals surface area contributed by atoms with Gasteiger partial charge in [-0.25, -0.2) is 8.78 Å². The summed E-state index contributed by atoms with van der Waals surface area (Å²) in [6, 6.07) is 8.27. The summed E-state index contributed by atoms with van der Waals surface area (Å²) in [5, 5.41) is 3.28. The van der Waals surface area contributed by atoms with Gasteiger partial charge in [-0.05, 0) is 30.7 Å². The zero-order chi connectivity index (χ0) is 16.8. The fraction of sp³-hybridized carbons (Fsp3) is 0.188. The van der Waals surface area contributed by atoms with E-state index < -0.39 is 17.5 Å². The highest BCUT2D eigenvalue weighted by molar-refractivity contribution is 6.34. The average Bonchev–Trinajstić information content (AvgIpc) is 2.51. The van der Waals surface area contributed by atoms with Crippen molar-refractivity contribution in [1.82, 2.24) is 5.32 Å². The minimum absolute atomic E-state index is 0.0438. The number of hydrogen-bond acceptors (Lipinski definition) is 2. The van der Waals surface area contributed by atoms with Crippen LogP contribution in [0.4, 0.5) is 8.78 Å². The van der Waals surface area contributed by atoms with Gasteiger partial charge in [-0.2, -0.15) is 0 Å². The van der Waals surface area contributed by atoms with Crippen molar-refractivity contribution in [2.75, 3.05) is 13.2 Å². The first-order valence-corrected chi connectivity index (χ1v) is 7.50. The first kappa shape index (κ1) is 17.5. The Balaban J connectivity index is 1.80. The molecule has 0 aliphatic carbocycles. The number of hydrogen-bond donors (Lipinski definition) is 1. The first-order chi connectivity index (χ1) is 11.0. The molecular weight excluding hydrogens is 347 g/mol. The van der Waals surface area contributed by atoms with E-state index in [-0.39, 0.29) is 30.9 Å². The highest BCUT2D eigenvalue weighted by atomic mass is 35.5. The molecule has 0 aromatic heterocycles. The molecule has 122 valence electrons. The third-order valence-electron chi connectivity index (χ3n) is 3.01. The lowest BCUT2D eigenvalue weighted by molar-refractivity contribution is -0.123. The van der Waals surface area contributed by atoms with Gasteiger partial charge in [0.15, 0.2) is 6.61 Å². The van der Waals surface area contributed by atoms with E-state index in [9.17, 15) is 13.6 Å². The fourth-order valence-corrected chi connectivity index (χ4v) is 2.21. The van der Waals surface area contributed by atoms with E-state index in [0.29, 0.717) is 10.0 Å². The van der Waals surface area contributed by atoms with Crippen LogP contribution in [0.3, 0.4) is 0 Å². The van der Waals surface area contributed by atoms with Gasteiger partial charge >= 0.3 is 0 Å². The predicted octanol–water partition coefficient (Wildman–Crippen LogP) is 4.01. The fourth-order valence-electron chi connectivity index (χ4n) is 1.88. The highest BCUT2D eigenvalue weighted by Gasteiger charge is 2.10. The maximum Gasteiger partial charge on any atom is 0.257 e. The lowest BCUT2D eigenvalue weighted by atomic mass is 10.1. The Bertz CT molecular complexity index is 690. The summed E-state index contributed by atoms with van der Waals surface area (Å²) < 4.78 is 32.1. The van der Waals surface area contributed by atoms with Crippen molar-refractivity contribution in [2.24, 2.45) is 0 Å². The maximum atomic E-state index is 13.4. The maximum absolute atomic E-state index is 13.4. The normalized spacial score (nSPS) is 10.4. The summed E-state index contributed by atoms with van der Waals surface area (Å²) in [5.74, 6) is -1.42. The van der Waals surface area contributed by atoms with Gasteiger partial charge in [0.05, 0.1) is 5.02 Å². The van der Waals surface area contributed by atoms with E-state index in [2.05, 4.69) is 5.32 Å². The van der Waals surface area contributed by atoms with Crippen LogP contribution in [-0.4, -0.2) is 19.1 Å². The Kier molecular flexibility index (Phi) is 6.19. The summed E-state index contributed by atoms with van der Waals surface area (Å²) in [5.41, 5.74) is -0.0633. The van der Waals surface area contributed by atoms with Gasteiger partial charge in [-0.3, -0.25) is 4.79 Å². The summed E-state index contributed by atoms with van der Waals surface area (Å²) in [4.78, 5) is 11.7. The van der Waals surface area contributed by atoms with Crippen LogP contribution in [0.5, 0.6) is 5.75 Å². The van der Waals surface area contributed by atoms with Crippen LogP contribution in [-0.2, 0) is 11.2 Å². The number of amides is 1. The molecule has 0 saturated carbocycles. The molecule has 1 N–H and O–H groups in total. The van der Waals surface area contributed by atoms with E-state index in [1.807, 2.05) is 0 Å². The van der Waals surface area contributed by atoms with Crippen molar-refractivity contribution in [3.05, 3.63) is 63.6 Å². The van der Waals surface area contributed by atoms with Crippen molar-refractivity contribution in [2.45, 2.75) is 6.42 Å². The molecule has 23 heavy (non-hydrogen) atoms. The van der Waals surface area contributed by atoms with Crippen molar-refractivity contribution >= 4 is 29.1 Å². The van der Waals surface area contributed by atoms with Gasteiger partial charge in [0.2, 0.25) is 0 Å². The number of nitrogens with one attached hydrogen (secondary N) is 1. The molecule has 0 aliphatic rings. The third-order valence-corrected chi connectivity index (χ3v) is 3.56. The van der Waals surface area contributed by atoms with Crippen LogP contribution in [0.25, 0.3) is 0 Å². The molecule has 0 saturated heterocycles. The molecule has 0 atom stereocenters. The van der Waals surface area contributed by atoms with E-state index in [1.165, 1.54) is 24.3 Å². The van der Waals surface area contributed by atoms with E-state index in [0.717, 1.165) is 0 Å². The minimum atomic E-state index is -0.638. The molecule has 7 heteroatoms. The molecule has 0 bridgehead atoms. The minimum Gasteiger partial charge on any atom is -0.482 e. The summed E-state index contributed by atoms with van der Waals surface area (Å²) in [6.07, 6.45) is 0.0438. The second-order valence-corrected chi connectivity index (χ2v) is 5.51. The molecule has 0 fully saturated rings. The zero-order valence-electron chi connectivity index (χ0n) is 11.9. The van der Waals surface area contributed by atoms with Gasteiger partial charge < -0.3 is 10.1 Å². The van der Waals surface area contributed by atoms with E-state index >= 15 is 0 Å². The monoisotopic (exact) mass is 359 g/mol. The van der Waals surface area contributed by atoms with E-state index in [1.54, 1.807) is 12.1 Å². The molecule has 3 nitrogen and oxygen atoms in total. The van der Waals surface area contributed by atoms with E-state index in [4.69, 9.17) is 27.9 Å². The Morgan fingerprint density at radius 3 is 2.52 bits per heavy atom. The largest absolute Gasteiger partial charge is 0.482 e. The Morgan fingerprint density at radius 1 is 1.13 bits per heavy atom. The molecule has 0 unspecified atom stereocenters. The van der Waals surface area contributed by atoms with Gasteiger partial charge in [0, 0.05) is 23.2 Å². The molecule has 2 aromatic rings. The molecule has 0 radical (unpaired) electrons. The lowest BCUT2D eigenvalue weighted by Gasteiger charge is -2.09. The molecular formula is C16H13Cl2F2NO2. The van der Waals surface area contributed by atoms with Crippen LogP contribution in [0.2, 0.25) is 10.0 Å². The molecule has 2 aromatic carbocycles. The second-order valence-electron chi connectivity index (χ2n) is 4.66. The lowest BCUT2D eigenvalue weighted by Crippen LogP contribution is -2.30. The number of halogens is 4. The summed E-state index contributed by atoms with van der Waals surface area (Å²) in [7, 11) is 0. The second kappa shape index (κ2) is 8.13. The quantitative estimate of drug-likeness (QED) is 0.846. The zero-order valence-corrected chi connectivity index (χ0v) is 13.4. The third kappa shape index (κ3) is 5.08. The van der Waals surface area contributed by atoms with Crippen LogP contribution in [0.15, 0.2) is 36.4 Å². The Labute approximate surface area is 142 Å². The highest BCUT2D eigenvalue weighted by Crippen LogP contribution is 2.27. The first-order valence-electron chi connectivity index (χ1n) is 6.75. The van der Waals surface area contributed by atoms with Crippen molar-refractivity contribution in [3.8, 4) is 5.75 Å². The number of carbonyl (C=O) groups is 1. The van der Waals surface area contributed by atoms with Crippen molar-refractivity contribution < 1.29 is 18.3 Å². The van der Waals surface area contributed by atoms with Crippen LogP contribution < -0.4 is 10.1 Å². The molecule has 1 amide bonds. The topological polar surface area (TPSA) is 38.3 Å². The molecule has 0 heterocycles. The standard InChI is InChI=1S/C16H13Cl2F2NO2/c17-10-4-5-12(18)15(8-10)23-9-16(22)21-7-6-11-13(19)2-1-3-14(11)20/h1-5,8H,6-7,9H2,(H,21,22). The number of rotatable bonds is 6. The summed E-state index contributed by atoms with van der Waals surface area (Å²) in [6.45, 7) is -0.191. The van der Waals surface area contributed by atoms with Crippen molar-refractivity contribution in [1.29, 1.82) is 0 Å². The van der Waals surface area contributed by atoms with Crippen LogP contribution >= 0.6 is 23.2 Å². The van der Waals surface area contributed by atoms with Gasteiger partial charge in [-0.1, -0.05) is 29.3 Å². The average molecular weight is 360 g/mol. The smallest absolute Gasteiger partial charge is 0.257 e. The molecule has 0 spiro atoms. The molecule has 2 rings (SSSR count). The Morgan fingerprint density at radius 2 is 1.83 bits per heavy atom. The van der Waals surface area contributed by atoms with Gasteiger partial charge in [-0.15, -0.1) is 0 Å². The number of carbonyl (C=O) groups excluding carboxylic acids is 1. The number of ether oxygens (including phenoxy) is 1. The SMILES string of the molecule is O=C(COc1cc(Cl)ccc1Cl)NCCc1c(F)cccc1F. The summed E-state index contributed by atoms with van der Waals surface area (Å²) >= 11 is 11.7. The predicted molar refractivity (Wildman–Crippen MR) is 85.0 cm³/mol. The molecule has 0 aliphatic heterocycles. The van der Waals surface area contributed by atoms with Crippen molar-refractivity contribution in [3.63, 3.8) is 0 Å². The van der Waals surface area contributed by atoms with Crippen LogP contribution in [0.1, 0.15) is 5.56 Å². The van der Waals surface area contributed by atoms with Crippen LogP contribution in [0, 0.1) is 11.6 Å². The van der Waals surface area contributed by atoms with Gasteiger partial charge in [0.1, 0.15) is 17.4 Å². The van der Waals surface area contributed by atoms with Gasteiger partial charge in [0.25, 0.3) is 5.91 Å². The Hall–Kier alpha value is -1.85.